The number of hydrogen-bond donors (Lipinski definition) is 0. The summed E-state index contributed by atoms with van der Waals surface area (Å²) in [5, 5.41) is 20.3. The zero-order valence-electron chi connectivity index (χ0n) is 22.9. The van der Waals surface area contributed by atoms with Crippen molar-refractivity contribution in [1.82, 2.24) is 0 Å². The molecule has 2 aliphatic carbocycles. The Morgan fingerprint density at radius 2 is 1.05 bits per heavy atom. The Balaban J connectivity index is 0.000000228. The average Bonchev–Trinajstić information content (AvgIpc) is 3.49. The van der Waals surface area contributed by atoms with E-state index in [1.807, 2.05) is 6.56 Å². The van der Waals surface area contributed by atoms with Gasteiger partial charge in [-0.2, -0.15) is 0 Å². The predicted molar refractivity (Wildman–Crippen MR) is 127 cm³/mol. The minimum atomic E-state index is -2.33. The third kappa shape index (κ3) is 7.21. The van der Waals surface area contributed by atoms with Crippen LogP contribution in [0.5, 0.6) is 11.5 Å². The monoisotopic (exact) mass is 684 g/mol. The summed E-state index contributed by atoms with van der Waals surface area (Å²) in [5.74, 6) is -26.4. The molecule has 2 aromatic rings. The van der Waals surface area contributed by atoms with Crippen molar-refractivity contribution in [1.29, 1.82) is 0 Å². The Morgan fingerprint density at radius 3 is 1.38 bits per heavy atom. The van der Waals surface area contributed by atoms with Crippen LogP contribution in [0.4, 0.5) is 43.9 Å². The van der Waals surface area contributed by atoms with Crippen LogP contribution in [0.25, 0.3) is 0 Å². The van der Waals surface area contributed by atoms with Gasteiger partial charge in [0.05, 0.1) is 0 Å². The van der Waals surface area contributed by atoms with Crippen LogP contribution in [-0.4, -0.2) is 0 Å². The van der Waals surface area contributed by atoms with Gasteiger partial charge in [-0.3, -0.25) is 0 Å². The molecule has 0 saturated heterocycles. The fraction of sp³-hybridized carbons (Fsp3) is 0.310. The molecule has 0 heterocycles. The summed E-state index contributed by atoms with van der Waals surface area (Å²) in [6.45, 7) is 11.7. The third-order valence-corrected chi connectivity index (χ3v) is 11.5. The second-order valence-electron chi connectivity index (χ2n) is 9.35. The van der Waals surface area contributed by atoms with Crippen molar-refractivity contribution in [3.05, 3.63) is 99.2 Å². The van der Waals surface area contributed by atoms with Gasteiger partial charge in [0, 0.05) is 0 Å². The Labute approximate surface area is 247 Å². The van der Waals surface area contributed by atoms with E-state index in [2.05, 4.69) is 46.8 Å². The van der Waals surface area contributed by atoms with E-state index in [0.29, 0.717) is 0 Å². The first-order valence-corrected chi connectivity index (χ1v) is 14.9. The summed E-state index contributed by atoms with van der Waals surface area (Å²) >= 11 is -0.522. The molecular weight excluding hydrogens is 662 g/mol. The van der Waals surface area contributed by atoms with E-state index in [1.165, 1.54) is 19.3 Å². The topological polar surface area (TPSA) is 46.1 Å². The molecule has 0 radical (unpaired) electrons. The van der Waals surface area contributed by atoms with Crippen LogP contribution in [0.1, 0.15) is 53.9 Å². The molecule has 0 bridgehead atoms. The van der Waals surface area contributed by atoms with Crippen molar-refractivity contribution < 1.29 is 77.4 Å². The number of allylic oxidation sites excluding steroid dienone is 8. The van der Waals surface area contributed by atoms with Gasteiger partial charge in [-0.1, -0.05) is 0 Å². The summed E-state index contributed by atoms with van der Waals surface area (Å²) in [6.07, 6.45) is 8.60. The summed E-state index contributed by atoms with van der Waals surface area (Å²) in [6, 6.07) is 0. The fourth-order valence-corrected chi connectivity index (χ4v) is 8.32. The van der Waals surface area contributed by atoms with Crippen LogP contribution >= 0.6 is 0 Å². The molecule has 0 amide bonds. The molecule has 0 aromatic heterocycles. The van der Waals surface area contributed by atoms with Gasteiger partial charge in [-0.15, -0.1) is 0 Å². The SMILES string of the molecule is CCCC1=[C]([Zr+2][C]2=C(C)C(C)=C(C)C2C)CC=C1.[O-]c1c(F)c(F)c(F)c(F)c1F.[O-]c1c(F)c(F)c(F)c(F)c1F. The van der Waals surface area contributed by atoms with E-state index < -0.39 is 92.9 Å². The molecule has 0 fully saturated rings. The number of benzene rings is 2. The normalized spacial score (nSPS) is 16.0. The van der Waals surface area contributed by atoms with E-state index in [-0.39, 0.29) is 0 Å². The Hall–Kier alpha value is -2.82. The molecule has 2 aliphatic rings. The molecule has 42 heavy (non-hydrogen) atoms. The quantitative estimate of drug-likeness (QED) is 0.185. The molecule has 4 rings (SSSR count). The summed E-state index contributed by atoms with van der Waals surface area (Å²) in [4.78, 5) is 0. The number of rotatable bonds is 4. The van der Waals surface area contributed by atoms with Crippen molar-refractivity contribution in [2.75, 3.05) is 0 Å². The first-order chi connectivity index (χ1) is 19.5. The number of hydrogen-bond acceptors (Lipinski definition) is 2. The molecule has 0 N–H and O–H groups in total. The molecule has 0 aliphatic heterocycles. The summed E-state index contributed by atoms with van der Waals surface area (Å²) in [7, 11) is 0. The van der Waals surface area contributed by atoms with Crippen LogP contribution in [0.3, 0.4) is 0 Å². The minimum absolute atomic E-state index is 0.522. The Morgan fingerprint density at radius 1 is 0.667 bits per heavy atom. The molecular formula is C29H24F10O2Zr. The maximum absolute atomic E-state index is 12.1. The van der Waals surface area contributed by atoms with Crippen LogP contribution in [-0.2, 0) is 23.2 Å². The molecule has 1 atom stereocenters. The zero-order valence-corrected chi connectivity index (χ0v) is 25.4. The van der Waals surface area contributed by atoms with Gasteiger partial charge in [0.15, 0.2) is 58.2 Å². The predicted octanol–water partition coefficient (Wildman–Crippen LogP) is 8.25. The van der Waals surface area contributed by atoms with Crippen molar-refractivity contribution in [2.45, 2.75) is 53.9 Å². The Bertz CT molecular complexity index is 1230. The van der Waals surface area contributed by atoms with Gasteiger partial charge < -0.3 is 10.2 Å². The second kappa shape index (κ2) is 14.6. The Kier molecular flexibility index (Phi) is 12.3. The molecule has 13 heteroatoms. The third-order valence-electron chi connectivity index (χ3n) is 6.81. The van der Waals surface area contributed by atoms with Crippen LogP contribution in [0.2, 0.25) is 0 Å². The van der Waals surface area contributed by atoms with E-state index >= 15 is 0 Å². The minimum Gasteiger partial charge on any atom is -0.868 e. The molecule has 0 saturated carbocycles. The first-order valence-electron chi connectivity index (χ1n) is 12.4. The number of halogens is 10. The summed E-state index contributed by atoms with van der Waals surface area (Å²) in [5.41, 5.74) is 6.50. The molecule has 226 valence electrons. The van der Waals surface area contributed by atoms with Gasteiger partial charge in [-0.25, -0.2) is 43.9 Å². The zero-order chi connectivity index (χ0) is 32.2. The van der Waals surface area contributed by atoms with Crippen LogP contribution in [0, 0.1) is 64.1 Å². The van der Waals surface area contributed by atoms with Crippen molar-refractivity contribution in [3.8, 4) is 11.5 Å². The van der Waals surface area contributed by atoms with E-state index in [1.54, 1.807) is 22.3 Å². The van der Waals surface area contributed by atoms with Gasteiger partial charge in [-0.05, 0) is 11.5 Å². The smallest absolute Gasteiger partial charge is 0.200 e. The van der Waals surface area contributed by atoms with Crippen LogP contribution in [0.15, 0.2) is 41.0 Å². The first kappa shape index (κ1) is 35.4. The van der Waals surface area contributed by atoms with Crippen molar-refractivity contribution in [3.63, 3.8) is 0 Å². The summed E-state index contributed by atoms with van der Waals surface area (Å²) < 4.78 is 124. The van der Waals surface area contributed by atoms with Gasteiger partial charge in [0.25, 0.3) is 0 Å². The average molecular weight is 686 g/mol. The largest absolute Gasteiger partial charge is 0.868 e. The maximum atomic E-state index is 12.1. The van der Waals surface area contributed by atoms with E-state index in [0.717, 1.165) is 5.92 Å². The van der Waals surface area contributed by atoms with Crippen LogP contribution < -0.4 is 10.2 Å². The van der Waals surface area contributed by atoms with E-state index in [9.17, 15) is 54.1 Å². The van der Waals surface area contributed by atoms with Crippen molar-refractivity contribution in [2.24, 2.45) is 5.92 Å². The fourth-order valence-electron chi connectivity index (χ4n) is 4.08. The molecule has 2 nitrogen and oxygen atoms in total. The molecule has 2 aromatic carbocycles. The van der Waals surface area contributed by atoms with Gasteiger partial charge >= 0.3 is 124 Å². The van der Waals surface area contributed by atoms with Gasteiger partial charge in [0.2, 0.25) is 0 Å². The molecule has 1 unspecified atom stereocenters. The van der Waals surface area contributed by atoms with Crippen molar-refractivity contribution >= 4 is 0 Å². The van der Waals surface area contributed by atoms with E-state index in [4.69, 9.17) is 0 Å². The second-order valence-corrected chi connectivity index (χ2v) is 12.8. The molecule has 0 spiro atoms. The van der Waals surface area contributed by atoms with Gasteiger partial charge in [0.1, 0.15) is 0 Å². The maximum Gasteiger partial charge on any atom is 0.200 e. The standard InChI is InChI=1S/C9H13.C8H11.2C6HF5O.Zr/c1-6-5-7(2)9(4)8(6)3;1-2-5-8-6-3-4-7-8;2*7-1-2(8)4(10)6(12)5(11)3(1)9;/h6H,1-4H3;3,6H,2,4-5H2,1H3;2*12H;/q;;;;+2/p-2.